The lowest BCUT2D eigenvalue weighted by atomic mass is 10.1. The van der Waals surface area contributed by atoms with Crippen molar-refractivity contribution in [2.75, 3.05) is 37.3 Å². The molecular formula is C20H24N6OS. The van der Waals surface area contributed by atoms with Crippen molar-refractivity contribution in [3.63, 3.8) is 0 Å². The SMILES string of the molecule is CSc1nc2nc(C)c(CC(=O)N3CCN(c4ccccc4)CC3)c(C)n2n1. The smallest absolute Gasteiger partial charge is 0.253 e. The second-order valence-corrected chi connectivity index (χ2v) is 7.73. The number of carbonyl (C=O) groups excluding carboxylic acids is 1. The number of aryl methyl sites for hydroxylation is 2. The molecule has 4 rings (SSSR count). The van der Waals surface area contributed by atoms with Crippen LogP contribution in [0.2, 0.25) is 0 Å². The largest absolute Gasteiger partial charge is 0.368 e. The van der Waals surface area contributed by atoms with Crippen molar-refractivity contribution in [1.29, 1.82) is 0 Å². The number of hydrogen-bond donors (Lipinski definition) is 0. The van der Waals surface area contributed by atoms with Gasteiger partial charge in [0.15, 0.2) is 0 Å². The molecule has 3 aromatic rings. The molecule has 8 heteroatoms. The molecule has 0 bridgehead atoms. The highest BCUT2D eigenvalue weighted by Crippen LogP contribution is 2.19. The zero-order valence-electron chi connectivity index (χ0n) is 16.4. The molecule has 146 valence electrons. The summed E-state index contributed by atoms with van der Waals surface area (Å²) in [7, 11) is 0. The van der Waals surface area contributed by atoms with Crippen LogP contribution in [-0.2, 0) is 11.2 Å². The molecule has 0 N–H and O–H groups in total. The van der Waals surface area contributed by atoms with Gasteiger partial charge < -0.3 is 9.80 Å². The van der Waals surface area contributed by atoms with Gasteiger partial charge in [0.1, 0.15) is 0 Å². The van der Waals surface area contributed by atoms with Crippen molar-refractivity contribution in [3.05, 3.63) is 47.3 Å². The fourth-order valence-corrected chi connectivity index (χ4v) is 3.98. The summed E-state index contributed by atoms with van der Waals surface area (Å²) in [5.41, 5.74) is 3.94. The van der Waals surface area contributed by atoms with Crippen LogP contribution in [0.1, 0.15) is 17.0 Å². The predicted molar refractivity (Wildman–Crippen MR) is 111 cm³/mol. The van der Waals surface area contributed by atoms with Gasteiger partial charge in [0.2, 0.25) is 11.1 Å². The standard InChI is InChI=1S/C20H24N6OS/c1-14-17(15(2)26-19(21-14)22-20(23-26)28-3)13-18(27)25-11-9-24(10-12-25)16-7-5-4-6-8-16/h4-8H,9-13H2,1-3H3. The third-order valence-electron chi connectivity index (χ3n) is 5.29. The Morgan fingerprint density at radius 3 is 2.46 bits per heavy atom. The van der Waals surface area contributed by atoms with E-state index in [1.165, 1.54) is 17.4 Å². The van der Waals surface area contributed by atoms with Crippen LogP contribution in [0.3, 0.4) is 0 Å². The molecule has 3 heterocycles. The molecular weight excluding hydrogens is 372 g/mol. The van der Waals surface area contributed by atoms with E-state index in [0.717, 1.165) is 43.1 Å². The summed E-state index contributed by atoms with van der Waals surface area (Å²) in [5, 5.41) is 5.16. The number of benzene rings is 1. The van der Waals surface area contributed by atoms with Gasteiger partial charge in [0, 0.05) is 48.8 Å². The Morgan fingerprint density at radius 1 is 1.07 bits per heavy atom. The van der Waals surface area contributed by atoms with E-state index >= 15 is 0 Å². The molecule has 0 atom stereocenters. The third kappa shape index (κ3) is 3.56. The number of hydrogen-bond acceptors (Lipinski definition) is 6. The highest BCUT2D eigenvalue weighted by Gasteiger charge is 2.23. The molecule has 1 aliphatic heterocycles. The lowest BCUT2D eigenvalue weighted by Gasteiger charge is -2.36. The molecule has 0 saturated carbocycles. The number of nitrogens with zero attached hydrogens (tertiary/aromatic N) is 6. The van der Waals surface area contributed by atoms with Gasteiger partial charge in [-0.25, -0.2) is 9.50 Å². The fourth-order valence-electron chi connectivity index (χ4n) is 3.65. The Balaban J connectivity index is 1.47. The molecule has 7 nitrogen and oxygen atoms in total. The molecule has 1 aliphatic rings. The van der Waals surface area contributed by atoms with Crippen LogP contribution in [0.5, 0.6) is 0 Å². The van der Waals surface area contributed by atoms with Crippen LogP contribution in [-0.4, -0.2) is 62.8 Å². The van der Waals surface area contributed by atoms with Crippen LogP contribution in [0.25, 0.3) is 5.78 Å². The number of thioether (sulfide) groups is 1. The fraction of sp³-hybridized carbons (Fsp3) is 0.400. The second-order valence-electron chi connectivity index (χ2n) is 6.95. The molecule has 0 aliphatic carbocycles. The Labute approximate surface area is 168 Å². The van der Waals surface area contributed by atoms with E-state index in [1.807, 2.05) is 43.2 Å². The number of piperazine rings is 1. The van der Waals surface area contributed by atoms with Gasteiger partial charge in [-0.05, 0) is 32.2 Å². The van der Waals surface area contributed by atoms with Gasteiger partial charge >= 0.3 is 0 Å². The Hall–Kier alpha value is -2.61. The Kier molecular flexibility index (Phi) is 5.21. The maximum absolute atomic E-state index is 12.9. The molecule has 1 amide bonds. The molecule has 2 aromatic heterocycles. The van der Waals surface area contributed by atoms with Crippen molar-refractivity contribution in [2.24, 2.45) is 0 Å². The number of fused-ring (bicyclic) bond motifs is 1. The van der Waals surface area contributed by atoms with E-state index in [2.05, 4.69) is 32.1 Å². The van der Waals surface area contributed by atoms with Gasteiger partial charge in [-0.2, -0.15) is 4.98 Å². The van der Waals surface area contributed by atoms with Crippen LogP contribution in [0, 0.1) is 13.8 Å². The Bertz CT molecular complexity index is 995. The molecule has 0 radical (unpaired) electrons. The normalized spacial score (nSPS) is 14.7. The van der Waals surface area contributed by atoms with Gasteiger partial charge in [0.25, 0.3) is 5.78 Å². The highest BCUT2D eigenvalue weighted by atomic mass is 32.2. The minimum atomic E-state index is 0.144. The van der Waals surface area contributed by atoms with Crippen LogP contribution in [0.4, 0.5) is 5.69 Å². The average Bonchev–Trinajstić information content (AvgIpc) is 3.15. The zero-order valence-corrected chi connectivity index (χ0v) is 17.2. The molecule has 28 heavy (non-hydrogen) atoms. The Morgan fingerprint density at radius 2 is 1.79 bits per heavy atom. The van der Waals surface area contributed by atoms with E-state index < -0.39 is 0 Å². The lowest BCUT2D eigenvalue weighted by Crippen LogP contribution is -2.49. The molecule has 1 saturated heterocycles. The van der Waals surface area contributed by atoms with Crippen molar-refractivity contribution in [1.82, 2.24) is 24.5 Å². The summed E-state index contributed by atoms with van der Waals surface area (Å²) in [6.07, 6.45) is 2.29. The van der Waals surface area contributed by atoms with E-state index in [4.69, 9.17) is 0 Å². The van der Waals surface area contributed by atoms with Gasteiger partial charge in [-0.3, -0.25) is 4.79 Å². The molecule has 0 spiro atoms. The summed E-state index contributed by atoms with van der Waals surface area (Å²) >= 11 is 1.49. The van der Waals surface area contributed by atoms with Crippen molar-refractivity contribution < 1.29 is 4.79 Å². The van der Waals surface area contributed by atoms with Crippen LogP contribution >= 0.6 is 11.8 Å². The summed E-state index contributed by atoms with van der Waals surface area (Å²) in [5.74, 6) is 0.734. The second kappa shape index (κ2) is 7.79. The van der Waals surface area contributed by atoms with E-state index in [1.54, 1.807) is 4.52 Å². The summed E-state index contributed by atoms with van der Waals surface area (Å²) in [6.45, 7) is 7.10. The summed E-state index contributed by atoms with van der Waals surface area (Å²) in [6, 6.07) is 10.4. The van der Waals surface area contributed by atoms with Crippen LogP contribution < -0.4 is 4.90 Å². The van der Waals surface area contributed by atoms with Crippen LogP contribution in [0.15, 0.2) is 35.5 Å². The minimum absolute atomic E-state index is 0.144. The first-order valence-corrected chi connectivity index (χ1v) is 10.6. The number of aromatic nitrogens is 4. The average molecular weight is 397 g/mol. The zero-order chi connectivity index (χ0) is 19.7. The van der Waals surface area contributed by atoms with Crippen molar-refractivity contribution >= 4 is 29.1 Å². The lowest BCUT2D eigenvalue weighted by molar-refractivity contribution is -0.130. The maximum Gasteiger partial charge on any atom is 0.253 e. The number of para-hydroxylation sites is 1. The first-order valence-electron chi connectivity index (χ1n) is 9.41. The highest BCUT2D eigenvalue weighted by molar-refractivity contribution is 7.98. The quantitative estimate of drug-likeness (QED) is 0.631. The van der Waals surface area contributed by atoms with E-state index in [9.17, 15) is 4.79 Å². The third-order valence-corrected chi connectivity index (χ3v) is 5.83. The number of carbonyl (C=O) groups is 1. The molecule has 1 aromatic carbocycles. The first-order chi connectivity index (χ1) is 13.6. The molecule has 1 fully saturated rings. The minimum Gasteiger partial charge on any atom is -0.368 e. The number of rotatable bonds is 4. The maximum atomic E-state index is 12.9. The van der Waals surface area contributed by atoms with Gasteiger partial charge in [-0.1, -0.05) is 30.0 Å². The summed E-state index contributed by atoms with van der Waals surface area (Å²) < 4.78 is 1.74. The van der Waals surface area contributed by atoms with E-state index in [-0.39, 0.29) is 5.91 Å². The van der Waals surface area contributed by atoms with Crippen molar-refractivity contribution in [3.8, 4) is 0 Å². The summed E-state index contributed by atoms with van der Waals surface area (Å²) in [4.78, 5) is 26.2. The van der Waals surface area contributed by atoms with Gasteiger partial charge in [-0.15, -0.1) is 5.10 Å². The predicted octanol–water partition coefficient (Wildman–Crippen LogP) is 2.35. The van der Waals surface area contributed by atoms with Gasteiger partial charge in [0.05, 0.1) is 6.42 Å². The molecule has 0 unspecified atom stereocenters. The topological polar surface area (TPSA) is 66.6 Å². The number of anilines is 1. The monoisotopic (exact) mass is 396 g/mol. The van der Waals surface area contributed by atoms with Crippen molar-refractivity contribution in [2.45, 2.75) is 25.4 Å². The van der Waals surface area contributed by atoms with E-state index in [0.29, 0.717) is 17.4 Å². The first kappa shape index (κ1) is 18.7. The number of amides is 1.